The summed E-state index contributed by atoms with van der Waals surface area (Å²) in [7, 11) is 4.75. The van der Waals surface area contributed by atoms with Crippen LogP contribution in [-0.4, -0.2) is 26.4 Å². The predicted octanol–water partition coefficient (Wildman–Crippen LogP) is 3.33. The minimum atomic E-state index is -0.521. The van der Waals surface area contributed by atoms with Crippen molar-refractivity contribution in [3.05, 3.63) is 17.7 Å². The topological polar surface area (TPSA) is 47.9 Å². The van der Waals surface area contributed by atoms with E-state index in [0.29, 0.717) is 23.2 Å². The fraction of sp³-hybridized carbons (Fsp3) is 0.625. The van der Waals surface area contributed by atoms with E-state index in [9.17, 15) is 5.11 Å². The van der Waals surface area contributed by atoms with E-state index in [1.165, 1.54) is 25.7 Å². The van der Waals surface area contributed by atoms with Gasteiger partial charge in [-0.1, -0.05) is 25.7 Å². The summed E-state index contributed by atoms with van der Waals surface area (Å²) in [4.78, 5) is 0. The highest BCUT2D eigenvalue weighted by Gasteiger charge is 2.24. The van der Waals surface area contributed by atoms with E-state index in [4.69, 9.17) is 14.2 Å². The van der Waals surface area contributed by atoms with E-state index in [2.05, 4.69) is 0 Å². The largest absolute Gasteiger partial charge is 0.493 e. The number of aliphatic hydroxyl groups is 1. The maximum absolute atomic E-state index is 10.5. The van der Waals surface area contributed by atoms with Crippen LogP contribution in [0, 0.1) is 5.92 Å². The molecule has 0 amide bonds. The molecule has 1 atom stereocenters. The standard InChI is InChI=1S/C16H24O4/c1-18-14-9-8-12(15(19-2)16(14)20-3)13(17)10-11-6-4-5-7-11/h8-9,11,13,17H,4-7,10H2,1-3H3. The minimum absolute atomic E-state index is 0.521. The molecule has 0 aliphatic heterocycles. The monoisotopic (exact) mass is 280 g/mol. The summed E-state index contributed by atoms with van der Waals surface area (Å²) in [6.45, 7) is 0. The summed E-state index contributed by atoms with van der Waals surface area (Å²) >= 11 is 0. The van der Waals surface area contributed by atoms with Crippen molar-refractivity contribution in [1.29, 1.82) is 0 Å². The van der Waals surface area contributed by atoms with Crippen molar-refractivity contribution in [3.63, 3.8) is 0 Å². The Bertz CT molecular complexity index is 438. The Morgan fingerprint density at radius 3 is 2.25 bits per heavy atom. The molecule has 1 aromatic rings. The zero-order valence-corrected chi connectivity index (χ0v) is 12.5. The lowest BCUT2D eigenvalue weighted by atomic mass is 9.95. The van der Waals surface area contributed by atoms with Crippen LogP contribution in [0.3, 0.4) is 0 Å². The van der Waals surface area contributed by atoms with Crippen molar-refractivity contribution in [1.82, 2.24) is 0 Å². The van der Waals surface area contributed by atoms with Gasteiger partial charge in [-0.15, -0.1) is 0 Å². The second kappa shape index (κ2) is 6.84. The first-order valence-electron chi connectivity index (χ1n) is 7.18. The molecule has 1 aromatic carbocycles. The van der Waals surface area contributed by atoms with Crippen LogP contribution >= 0.6 is 0 Å². The van der Waals surface area contributed by atoms with Crippen LogP contribution < -0.4 is 14.2 Å². The van der Waals surface area contributed by atoms with Crippen molar-refractivity contribution in [2.24, 2.45) is 5.92 Å². The average Bonchev–Trinajstić information content (AvgIpc) is 2.98. The molecule has 1 saturated carbocycles. The predicted molar refractivity (Wildman–Crippen MR) is 77.6 cm³/mol. The molecule has 20 heavy (non-hydrogen) atoms. The van der Waals surface area contributed by atoms with Crippen LogP contribution in [0.2, 0.25) is 0 Å². The van der Waals surface area contributed by atoms with Gasteiger partial charge < -0.3 is 19.3 Å². The highest BCUT2D eigenvalue weighted by molar-refractivity contribution is 5.56. The van der Waals surface area contributed by atoms with E-state index >= 15 is 0 Å². The van der Waals surface area contributed by atoms with Gasteiger partial charge in [0.2, 0.25) is 5.75 Å². The van der Waals surface area contributed by atoms with Crippen LogP contribution in [0.4, 0.5) is 0 Å². The lowest BCUT2D eigenvalue weighted by Gasteiger charge is -2.21. The van der Waals surface area contributed by atoms with Gasteiger partial charge in [-0.3, -0.25) is 0 Å². The van der Waals surface area contributed by atoms with Gasteiger partial charge in [0.15, 0.2) is 11.5 Å². The molecule has 0 heterocycles. The number of hydrogen-bond donors (Lipinski definition) is 1. The summed E-state index contributed by atoms with van der Waals surface area (Å²) < 4.78 is 16.0. The Balaban J connectivity index is 2.25. The van der Waals surface area contributed by atoms with E-state index in [1.807, 2.05) is 12.1 Å². The van der Waals surface area contributed by atoms with Crippen molar-refractivity contribution < 1.29 is 19.3 Å². The lowest BCUT2D eigenvalue weighted by Crippen LogP contribution is -2.07. The summed E-state index contributed by atoms with van der Waals surface area (Å²) in [5.74, 6) is 2.33. The first-order chi connectivity index (χ1) is 9.71. The van der Waals surface area contributed by atoms with Crippen molar-refractivity contribution in [3.8, 4) is 17.2 Å². The SMILES string of the molecule is COc1ccc(C(O)CC2CCCC2)c(OC)c1OC. The second-order valence-corrected chi connectivity index (χ2v) is 5.33. The quantitative estimate of drug-likeness (QED) is 0.868. The lowest BCUT2D eigenvalue weighted by molar-refractivity contribution is 0.140. The normalized spacial score (nSPS) is 17.0. The smallest absolute Gasteiger partial charge is 0.203 e. The Morgan fingerprint density at radius 1 is 1.05 bits per heavy atom. The summed E-state index contributed by atoms with van der Waals surface area (Å²) in [6, 6.07) is 3.67. The molecule has 0 aromatic heterocycles. The number of ether oxygens (including phenoxy) is 3. The third-order valence-corrected chi connectivity index (χ3v) is 4.12. The molecule has 1 unspecified atom stereocenters. The minimum Gasteiger partial charge on any atom is -0.493 e. The van der Waals surface area contributed by atoms with Crippen molar-refractivity contribution in [2.45, 2.75) is 38.2 Å². The third-order valence-electron chi connectivity index (χ3n) is 4.12. The molecule has 1 aliphatic rings. The van der Waals surface area contributed by atoms with Crippen molar-refractivity contribution >= 4 is 0 Å². The molecular weight excluding hydrogens is 256 g/mol. The van der Waals surface area contributed by atoms with Gasteiger partial charge in [-0.2, -0.15) is 0 Å². The first kappa shape index (κ1) is 15.0. The molecular formula is C16H24O4. The molecule has 0 bridgehead atoms. The number of hydrogen-bond acceptors (Lipinski definition) is 4. The number of methoxy groups -OCH3 is 3. The van der Waals surface area contributed by atoms with Gasteiger partial charge in [-0.25, -0.2) is 0 Å². The van der Waals surface area contributed by atoms with Crippen LogP contribution in [0.5, 0.6) is 17.2 Å². The fourth-order valence-electron chi connectivity index (χ4n) is 3.08. The molecule has 4 heteroatoms. The van der Waals surface area contributed by atoms with Crippen LogP contribution in [0.15, 0.2) is 12.1 Å². The first-order valence-corrected chi connectivity index (χ1v) is 7.18. The third kappa shape index (κ3) is 3.01. The summed E-state index contributed by atoms with van der Waals surface area (Å²) in [6.07, 6.45) is 5.25. The Kier molecular flexibility index (Phi) is 5.12. The van der Waals surface area contributed by atoms with Crippen molar-refractivity contribution in [2.75, 3.05) is 21.3 Å². The average molecular weight is 280 g/mol. The number of aliphatic hydroxyl groups excluding tert-OH is 1. The Morgan fingerprint density at radius 2 is 1.70 bits per heavy atom. The number of rotatable bonds is 6. The molecule has 0 radical (unpaired) electrons. The molecule has 112 valence electrons. The van der Waals surface area contributed by atoms with Gasteiger partial charge in [-0.05, 0) is 24.5 Å². The van der Waals surface area contributed by atoms with Crippen LogP contribution in [0.1, 0.15) is 43.8 Å². The maximum Gasteiger partial charge on any atom is 0.203 e. The number of benzene rings is 1. The molecule has 4 nitrogen and oxygen atoms in total. The van der Waals surface area contributed by atoms with Crippen LogP contribution in [0.25, 0.3) is 0 Å². The van der Waals surface area contributed by atoms with E-state index < -0.39 is 6.10 Å². The van der Waals surface area contributed by atoms with Gasteiger partial charge in [0.05, 0.1) is 27.4 Å². The van der Waals surface area contributed by atoms with E-state index in [0.717, 1.165) is 12.0 Å². The van der Waals surface area contributed by atoms with E-state index in [1.54, 1.807) is 21.3 Å². The van der Waals surface area contributed by atoms with Gasteiger partial charge in [0.1, 0.15) is 0 Å². The highest BCUT2D eigenvalue weighted by Crippen LogP contribution is 2.44. The Labute approximate surface area is 120 Å². The van der Waals surface area contributed by atoms with Crippen LogP contribution in [-0.2, 0) is 0 Å². The van der Waals surface area contributed by atoms with Gasteiger partial charge in [0, 0.05) is 5.56 Å². The Hall–Kier alpha value is -1.42. The maximum atomic E-state index is 10.5. The summed E-state index contributed by atoms with van der Waals surface area (Å²) in [5, 5.41) is 10.5. The fourth-order valence-corrected chi connectivity index (χ4v) is 3.08. The summed E-state index contributed by atoms with van der Waals surface area (Å²) in [5.41, 5.74) is 0.775. The molecule has 1 fully saturated rings. The molecule has 0 spiro atoms. The molecule has 0 saturated heterocycles. The molecule has 2 rings (SSSR count). The molecule has 1 aliphatic carbocycles. The zero-order valence-electron chi connectivity index (χ0n) is 12.5. The van der Waals surface area contributed by atoms with Gasteiger partial charge in [0.25, 0.3) is 0 Å². The van der Waals surface area contributed by atoms with Gasteiger partial charge >= 0.3 is 0 Å². The molecule has 1 N–H and O–H groups in total. The zero-order chi connectivity index (χ0) is 14.5. The second-order valence-electron chi connectivity index (χ2n) is 5.33. The van der Waals surface area contributed by atoms with E-state index in [-0.39, 0.29) is 0 Å². The highest BCUT2D eigenvalue weighted by atomic mass is 16.5.